The zero-order valence-electron chi connectivity index (χ0n) is 10.4. The number of anilines is 3. The van der Waals surface area contributed by atoms with Gasteiger partial charge in [0.05, 0.1) is 17.3 Å². The molecule has 2 heterocycles. The van der Waals surface area contributed by atoms with Crippen LogP contribution in [-0.2, 0) is 0 Å². The van der Waals surface area contributed by atoms with Gasteiger partial charge in [0.25, 0.3) is 0 Å². The molecule has 0 amide bonds. The van der Waals surface area contributed by atoms with Crippen LogP contribution in [0.25, 0.3) is 11.0 Å². The third kappa shape index (κ3) is 2.00. The first-order valence-corrected chi connectivity index (χ1v) is 5.74. The largest absolute Gasteiger partial charge is 0.368 e. The average Bonchev–Trinajstić information content (AvgIpc) is 2.84. The molecule has 0 fully saturated rings. The SMILES string of the molecule is Cc1cc(F)c(Nc2nc(N)nc3[nH]ncc23)cc1F. The van der Waals surface area contributed by atoms with E-state index in [0.29, 0.717) is 11.0 Å². The predicted molar refractivity (Wildman–Crippen MR) is 70.5 cm³/mol. The second kappa shape index (κ2) is 4.41. The second-order valence-corrected chi connectivity index (χ2v) is 4.27. The first-order chi connectivity index (χ1) is 9.54. The lowest BCUT2D eigenvalue weighted by molar-refractivity contribution is 0.595. The zero-order chi connectivity index (χ0) is 14.3. The average molecular weight is 276 g/mol. The molecule has 0 saturated carbocycles. The van der Waals surface area contributed by atoms with Gasteiger partial charge in [-0.2, -0.15) is 15.1 Å². The van der Waals surface area contributed by atoms with Crippen LogP contribution >= 0.6 is 0 Å². The lowest BCUT2D eigenvalue weighted by Gasteiger charge is -2.09. The lowest BCUT2D eigenvalue weighted by atomic mass is 10.2. The molecule has 4 N–H and O–H groups in total. The van der Waals surface area contributed by atoms with E-state index >= 15 is 0 Å². The molecule has 2 aromatic heterocycles. The Bertz CT molecular complexity index is 798. The third-order valence-electron chi connectivity index (χ3n) is 2.83. The zero-order valence-corrected chi connectivity index (χ0v) is 10.4. The highest BCUT2D eigenvalue weighted by Gasteiger charge is 2.12. The Labute approximate surface area is 112 Å². The van der Waals surface area contributed by atoms with Crippen molar-refractivity contribution < 1.29 is 8.78 Å². The number of halogens is 2. The van der Waals surface area contributed by atoms with Crippen molar-refractivity contribution in [3.8, 4) is 0 Å². The van der Waals surface area contributed by atoms with Crippen LogP contribution in [0.1, 0.15) is 5.56 Å². The molecule has 0 radical (unpaired) electrons. The highest BCUT2D eigenvalue weighted by molar-refractivity contribution is 5.88. The maximum Gasteiger partial charge on any atom is 0.224 e. The lowest BCUT2D eigenvalue weighted by Crippen LogP contribution is -2.02. The fraction of sp³-hybridized carbons (Fsp3) is 0.0833. The summed E-state index contributed by atoms with van der Waals surface area (Å²) < 4.78 is 27.3. The van der Waals surface area contributed by atoms with Crippen LogP contribution in [-0.4, -0.2) is 20.2 Å². The highest BCUT2D eigenvalue weighted by Crippen LogP contribution is 2.26. The number of hydrogen-bond acceptors (Lipinski definition) is 5. The van der Waals surface area contributed by atoms with Gasteiger partial charge in [0, 0.05) is 6.07 Å². The molecule has 0 aliphatic rings. The number of benzene rings is 1. The molecule has 20 heavy (non-hydrogen) atoms. The predicted octanol–water partition coefficient (Wildman–Crippen LogP) is 2.27. The van der Waals surface area contributed by atoms with Gasteiger partial charge in [0.2, 0.25) is 5.95 Å². The number of nitrogens with zero attached hydrogens (tertiary/aromatic N) is 3. The number of H-pyrrole nitrogens is 1. The van der Waals surface area contributed by atoms with E-state index in [1.807, 2.05) is 0 Å². The number of rotatable bonds is 2. The Morgan fingerprint density at radius 1 is 1.20 bits per heavy atom. The van der Waals surface area contributed by atoms with Gasteiger partial charge in [-0.25, -0.2) is 8.78 Å². The normalized spacial score (nSPS) is 10.9. The summed E-state index contributed by atoms with van der Waals surface area (Å²) in [5.74, 6) is -0.849. The van der Waals surface area contributed by atoms with Crippen molar-refractivity contribution >= 4 is 28.5 Å². The molecule has 6 nitrogen and oxygen atoms in total. The number of aryl methyl sites for hydroxylation is 1. The molecule has 3 aromatic rings. The van der Waals surface area contributed by atoms with Crippen LogP contribution in [0.4, 0.5) is 26.2 Å². The molecule has 0 atom stereocenters. The number of nitrogen functional groups attached to an aromatic ring is 1. The van der Waals surface area contributed by atoms with Crippen molar-refractivity contribution in [2.45, 2.75) is 6.92 Å². The summed E-state index contributed by atoms with van der Waals surface area (Å²) in [4.78, 5) is 7.90. The Morgan fingerprint density at radius 2 is 2.00 bits per heavy atom. The minimum Gasteiger partial charge on any atom is -0.368 e. The van der Waals surface area contributed by atoms with E-state index in [0.717, 1.165) is 12.1 Å². The summed E-state index contributed by atoms with van der Waals surface area (Å²) in [6.07, 6.45) is 1.47. The Hall–Kier alpha value is -2.77. The number of fused-ring (bicyclic) bond motifs is 1. The van der Waals surface area contributed by atoms with Gasteiger partial charge in [-0.15, -0.1) is 0 Å². The number of nitrogens with two attached hydrogens (primary N) is 1. The number of hydrogen-bond donors (Lipinski definition) is 3. The molecule has 0 bridgehead atoms. The molecule has 3 rings (SSSR count). The summed E-state index contributed by atoms with van der Waals surface area (Å²) in [5.41, 5.74) is 6.15. The Balaban J connectivity index is 2.09. The molecule has 102 valence electrons. The van der Waals surface area contributed by atoms with Gasteiger partial charge in [-0.1, -0.05) is 0 Å². The highest BCUT2D eigenvalue weighted by atomic mass is 19.1. The molecule has 0 aliphatic carbocycles. The maximum absolute atomic E-state index is 13.8. The van der Waals surface area contributed by atoms with Crippen LogP contribution in [0.2, 0.25) is 0 Å². The van der Waals surface area contributed by atoms with Crippen LogP contribution in [0, 0.1) is 18.6 Å². The number of nitrogens with one attached hydrogen (secondary N) is 2. The molecule has 8 heteroatoms. The van der Waals surface area contributed by atoms with Crippen molar-refractivity contribution in [3.05, 3.63) is 35.5 Å². The van der Waals surface area contributed by atoms with Crippen molar-refractivity contribution in [1.82, 2.24) is 20.2 Å². The molecule has 0 spiro atoms. The first kappa shape index (κ1) is 12.3. The van der Waals surface area contributed by atoms with E-state index in [2.05, 4.69) is 25.5 Å². The molecule has 0 saturated heterocycles. The second-order valence-electron chi connectivity index (χ2n) is 4.27. The van der Waals surface area contributed by atoms with E-state index in [-0.39, 0.29) is 23.0 Å². The number of aromatic nitrogens is 4. The van der Waals surface area contributed by atoms with E-state index in [9.17, 15) is 8.78 Å². The smallest absolute Gasteiger partial charge is 0.224 e. The molecule has 0 aliphatic heterocycles. The van der Waals surface area contributed by atoms with E-state index in [1.54, 1.807) is 0 Å². The van der Waals surface area contributed by atoms with Crippen molar-refractivity contribution in [2.75, 3.05) is 11.1 Å². The summed E-state index contributed by atoms with van der Waals surface area (Å²) in [7, 11) is 0. The summed E-state index contributed by atoms with van der Waals surface area (Å²) in [6, 6.07) is 2.17. The van der Waals surface area contributed by atoms with Crippen LogP contribution in [0.3, 0.4) is 0 Å². The van der Waals surface area contributed by atoms with Gasteiger partial charge >= 0.3 is 0 Å². The maximum atomic E-state index is 13.8. The third-order valence-corrected chi connectivity index (χ3v) is 2.83. The Kier molecular flexibility index (Phi) is 2.70. The van der Waals surface area contributed by atoms with Crippen LogP contribution < -0.4 is 11.1 Å². The van der Waals surface area contributed by atoms with Gasteiger partial charge in [-0.3, -0.25) is 5.10 Å². The fourth-order valence-corrected chi connectivity index (χ4v) is 1.82. The van der Waals surface area contributed by atoms with Crippen LogP contribution in [0.15, 0.2) is 18.3 Å². The van der Waals surface area contributed by atoms with Crippen molar-refractivity contribution in [1.29, 1.82) is 0 Å². The summed E-state index contributed by atoms with van der Waals surface area (Å²) in [5, 5.41) is 9.67. The quantitative estimate of drug-likeness (QED) is 0.667. The van der Waals surface area contributed by atoms with Crippen LogP contribution in [0.5, 0.6) is 0 Å². The number of aromatic amines is 1. The van der Waals surface area contributed by atoms with Gasteiger partial charge < -0.3 is 11.1 Å². The topological polar surface area (TPSA) is 92.5 Å². The van der Waals surface area contributed by atoms with E-state index in [4.69, 9.17) is 5.73 Å². The van der Waals surface area contributed by atoms with E-state index < -0.39 is 11.6 Å². The Morgan fingerprint density at radius 3 is 2.80 bits per heavy atom. The van der Waals surface area contributed by atoms with Crippen molar-refractivity contribution in [3.63, 3.8) is 0 Å². The first-order valence-electron chi connectivity index (χ1n) is 5.74. The fourth-order valence-electron chi connectivity index (χ4n) is 1.82. The van der Waals surface area contributed by atoms with Crippen molar-refractivity contribution in [2.24, 2.45) is 0 Å². The van der Waals surface area contributed by atoms with Gasteiger partial charge in [-0.05, 0) is 18.6 Å². The standard InChI is InChI=1S/C12H10F2N6/c1-5-2-8(14)9(3-7(5)13)17-10-6-4-16-20-11(6)19-12(15)18-10/h2-4H,1H3,(H4,15,16,17,18,19,20). The van der Waals surface area contributed by atoms with Gasteiger partial charge in [0.15, 0.2) is 5.65 Å². The molecular weight excluding hydrogens is 266 g/mol. The monoisotopic (exact) mass is 276 g/mol. The summed E-state index contributed by atoms with van der Waals surface area (Å²) >= 11 is 0. The van der Waals surface area contributed by atoms with E-state index in [1.165, 1.54) is 13.1 Å². The minimum absolute atomic E-state index is 0.00255. The molecule has 1 aromatic carbocycles. The molecule has 0 unspecified atom stereocenters. The minimum atomic E-state index is -0.585. The van der Waals surface area contributed by atoms with Gasteiger partial charge in [0.1, 0.15) is 17.5 Å². The summed E-state index contributed by atoms with van der Waals surface area (Å²) in [6.45, 7) is 1.49. The molecular formula is C12H10F2N6.